The van der Waals surface area contributed by atoms with Gasteiger partial charge >= 0.3 is 12.0 Å². The maximum absolute atomic E-state index is 12.8. The monoisotopic (exact) mass is 398 g/mol. The van der Waals surface area contributed by atoms with Crippen LogP contribution in [0.25, 0.3) is 0 Å². The smallest absolute Gasteiger partial charge is 0.326 e. The summed E-state index contributed by atoms with van der Waals surface area (Å²) in [5.74, 6) is -0.102. The van der Waals surface area contributed by atoms with Gasteiger partial charge < -0.3 is 19.5 Å². The fourth-order valence-electron chi connectivity index (χ4n) is 3.14. The number of benzene rings is 2. The van der Waals surface area contributed by atoms with Crippen LogP contribution in [0.4, 0.5) is 4.79 Å². The molecule has 1 fully saturated rings. The zero-order valence-corrected chi connectivity index (χ0v) is 16.4. The van der Waals surface area contributed by atoms with Gasteiger partial charge in [-0.1, -0.05) is 30.3 Å². The zero-order valence-electron chi connectivity index (χ0n) is 16.4. The van der Waals surface area contributed by atoms with Gasteiger partial charge in [-0.05, 0) is 30.7 Å². The minimum absolute atomic E-state index is 0.0845. The Morgan fingerprint density at radius 3 is 2.45 bits per heavy atom. The third-order valence-electron chi connectivity index (χ3n) is 4.79. The molecular formula is C21H22N2O6. The number of rotatable bonds is 7. The molecule has 0 radical (unpaired) electrons. The second-order valence-corrected chi connectivity index (χ2v) is 6.65. The molecule has 0 bridgehead atoms. The van der Waals surface area contributed by atoms with Crippen molar-refractivity contribution in [1.82, 2.24) is 10.2 Å². The molecular weight excluding hydrogens is 376 g/mol. The summed E-state index contributed by atoms with van der Waals surface area (Å²) in [6.07, 6.45) is 0. The lowest BCUT2D eigenvalue weighted by atomic mass is 9.92. The first-order chi connectivity index (χ1) is 13.9. The van der Waals surface area contributed by atoms with Crippen LogP contribution in [0.15, 0.2) is 48.5 Å². The predicted molar refractivity (Wildman–Crippen MR) is 103 cm³/mol. The van der Waals surface area contributed by atoms with Gasteiger partial charge in [0.25, 0.3) is 5.91 Å². The molecule has 29 heavy (non-hydrogen) atoms. The van der Waals surface area contributed by atoms with Gasteiger partial charge in [0.05, 0.1) is 14.2 Å². The number of carbonyl (C=O) groups excluding carboxylic acids is 3. The number of imide groups is 1. The third kappa shape index (κ3) is 4.01. The first-order valence-corrected chi connectivity index (χ1v) is 8.95. The van der Waals surface area contributed by atoms with Crippen LogP contribution in [-0.2, 0) is 26.5 Å². The lowest BCUT2D eigenvalue weighted by Gasteiger charge is -2.22. The summed E-state index contributed by atoms with van der Waals surface area (Å²) in [6.45, 7) is 1.03. The Balaban J connectivity index is 1.67. The Bertz CT molecular complexity index is 930. The highest BCUT2D eigenvalue weighted by atomic mass is 16.5. The number of hydrogen-bond acceptors (Lipinski definition) is 6. The van der Waals surface area contributed by atoms with E-state index >= 15 is 0 Å². The van der Waals surface area contributed by atoms with Crippen LogP contribution in [0.5, 0.6) is 11.5 Å². The summed E-state index contributed by atoms with van der Waals surface area (Å²) in [4.78, 5) is 38.3. The third-order valence-corrected chi connectivity index (χ3v) is 4.79. The molecule has 2 aromatic rings. The molecule has 3 amide bonds. The van der Waals surface area contributed by atoms with Gasteiger partial charge in [-0.3, -0.25) is 14.5 Å². The van der Waals surface area contributed by atoms with Crippen LogP contribution in [0.1, 0.15) is 18.1 Å². The summed E-state index contributed by atoms with van der Waals surface area (Å²) < 4.78 is 15.7. The van der Waals surface area contributed by atoms with Gasteiger partial charge in [0.1, 0.15) is 30.2 Å². The number of urea groups is 1. The number of carbonyl (C=O) groups is 3. The molecule has 0 aromatic heterocycles. The predicted octanol–water partition coefficient (Wildman–Crippen LogP) is 2.21. The standard InChI is InChI=1S/C21H22N2O6/c1-21(15-7-5-4-6-8-15)19(25)23(20(26)22-21)12-18(24)29-13-14-11-16(27-2)9-10-17(14)28-3/h4-11H,12-13H2,1-3H3,(H,22,26)/t21-/m1/s1. The van der Waals surface area contributed by atoms with Gasteiger partial charge in [0, 0.05) is 5.56 Å². The lowest BCUT2D eigenvalue weighted by Crippen LogP contribution is -2.41. The minimum atomic E-state index is -1.23. The molecule has 8 nitrogen and oxygen atoms in total. The molecule has 1 aliphatic heterocycles. The van der Waals surface area contributed by atoms with Crippen molar-refractivity contribution in [3.63, 3.8) is 0 Å². The van der Waals surface area contributed by atoms with E-state index in [9.17, 15) is 14.4 Å². The van der Waals surface area contributed by atoms with Crippen molar-refractivity contribution in [3.05, 3.63) is 59.7 Å². The fraction of sp³-hybridized carbons (Fsp3) is 0.286. The second-order valence-electron chi connectivity index (χ2n) is 6.65. The van der Waals surface area contributed by atoms with Crippen molar-refractivity contribution in [2.75, 3.05) is 20.8 Å². The fourth-order valence-corrected chi connectivity index (χ4v) is 3.14. The Hall–Kier alpha value is -3.55. The van der Waals surface area contributed by atoms with Crippen molar-refractivity contribution >= 4 is 17.9 Å². The molecule has 0 saturated carbocycles. The van der Waals surface area contributed by atoms with E-state index in [1.165, 1.54) is 14.2 Å². The molecule has 0 spiro atoms. The maximum Gasteiger partial charge on any atom is 0.326 e. The molecule has 152 valence electrons. The largest absolute Gasteiger partial charge is 0.497 e. The molecule has 8 heteroatoms. The number of methoxy groups -OCH3 is 2. The van der Waals surface area contributed by atoms with Crippen LogP contribution >= 0.6 is 0 Å². The van der Waals surface area contributed by atoms with Gasteiger partial charge in [-0.25, -0.2) is 4.79 Å². The number of nitrogens with one attached hydrogen (secondary N) is 1. The summed E-state index contributed by atoms with van der Waals surface area (Å²) in [6, 6.07) is 13.3. The molecule has 0 aliphatic carbocycles. The quantitative estimate of drug-likeness (QED) is 0.568. The number of nitrogens with zero attached hydrogens (tertiary/aromatic N) is 1. The van der Waals surface area contributed by atoms with E-state index in [1.54, 1.807) is 49.4 Å². The van der Waals surface area contributed by atoms with E-state index in [-0.39, 0.29) is 6.61 Å². The highest BCUT2D eigenvalue weighted by Crippen LogP contribution is 2.29. The minimum Gasteiger partial charge on any atom is -0.497 e. The highest BCUT2D eigenvalue weighted by molar-refractivity contribution is 6.08. The zero-order chi connectivity index (χ0) is 21.0. The molecule has 1 atom stereocenters. The highest BCUT2D eigenvalue weighted by Gasteiger charge is 2.49. The Labute approximate surface area is 168 Å². The van der Waals surface area contributed by atoms with Crippen molar-refractivity contribution in [2.45, 2.75) is 19.1 Å². The van der Waals surface area contributed by atoms with Gasteiger partial charge in [-0.2, -0.15) is 0 Å². The molecule has 2 aromatic carbocycles. The van der Waals surface area contributed by atoms with Gasteiger partial charge in [-0.15, -0.1) is 0 Å². The SMILES string of the molecule is COc1ccc(OC)c(COC(=O)CN2C(=O)N[C@](C)(c3ccccc3)C2=O)c1. The molecule has 0 unspecified atom stereocenters. The van der Waals surface area contributed by atoms with E-state index in [4.69, 9.17) is 14.2 Å². The first-order valence-electron chi connectivity index (χ1n) is 8.95. The molecule has 3 rings (SSSR count). The Morgan fingerprint density at radius 2 is 1.79 bits per heavy atom. The average molecular weight is 398 g/mol. The van der Waals surface area contributed by atoms with Gasteiger partial charge in [0.2, 0.25) is 0 Å². The summed E-state index contributed by atoms with van der Waals surface area (Å²) in [5, 5.41) is 2.65. The van der Waals surface area contributed by atoms with Crippen molar-refractivity contribution in [3.8, 4) is 11.5 Å². The van der Waals surface area contributed by atoms with Crippen molar-refractivity contribution < 1.29 is 28.6 Å². The van der Waals surface area contributed by atoms with Crippen LogP contribution in [-0.4, -0.2) is 43.6 Å². The van der Waals surface area contributed by atoms with E-state index in [0.717, 1.165) is 4.90 Å². The van der Waals surface area contributed by atoms with E-state index < -0.39 is 30.0 Å². The normalized spacial score (nSPS) is 18.4. The molecule has 1 aliphatic rings. The molecule has 1 N–H and O–H groups in total. The lowest BCUT2D eigenvalue weighted by molar-refractivity contribution is -0.148. The van der Waals surface area contributed by atoms with E-state index in [0.29, 0.717) is 22.6 Å². The van der Waals surface area contributed by atoms with Crippen LogP contribution in [0, 0.1) is 0 Å². The Morgan fingerprint density at radius 1 is 1.07 bits per heavy atom. The summed E-state index contributed by atoms with van der Waals surface area (Å²) >= 11 is 0. The molecule has 1 saturated heterocycles. The number of ether oxygens (including phenoxy) is 3. The van der Waals surface area contributed by atoms with Crippen LogP contribution < -0.4 is 14.8 Å². The second kappa shape index (κ2) is 8.22. The summed E-state index contributed by atoms with van der Waals surface area (Å²) in [7, 11) is 3.03. The average Bonchev–Trinajstić information content (AvgIpc) is 2.96. The van der Waals surface area contributed by atoms with Gasteiger partial charge in [0.15, 0.2) is 0 Å². The Kier molecular flexibility index (Phi) is 5.72. The maximum atomic E-state index is 12.8. The number of hydrogen-bond donors (Lipinski definition) is 1. The van der Waals surface area contributed by atoms with Crippen LogP contribution in [0.2, 0.25) is 0 Å². The van der Waals surface area contributed by atoms with E-state index in [1.807, 2.05) is 6.07 Å². The van der Waals surface area contributed by atoms with Crippen molar-refractivity contribution in [2.24, 2.45) is 0 Å². The first kappa shape index (κ1) is 20.2. The molecule has 1 heterocycles. The number of esters is 1. The number of amides is 3. The van der Waals surface area contributed by atoms with E-state index in [2.05, 4.69) is 5.32 Å². The van der Waals surface area contributed by atoms with Crippen LogP contribution in [0.3, 0.4) is 0 Å². The van der Waals surface area contributed by atoms with Crippen molar-refractivity contribution in [1.29, 1.82) is 0 Å². The summed E-state index contributed by atoms with van der Waals surface area (Å²) in [5.41, 5.74) is 0.0103. The topological polar surface area (TPSA) is 94.2 Å².